The molecule has 0 fully saturated rings. The van der Waals surface area contributed by atoms with Gasteiger partial charge in [0.05, 0.1) is 12.1 Å². The molecule has 0 aliphatic heterocycles. The maximum atomic E-state index is 10.0. The van der Waals surface area contributed by atoms with Crippen LogP contribution in [0.15, 0.2) is 66.9 Å². The zero-order valence-corrected chi connectivity index (χ0v) is 13.3. The number of ketones is 2. The Morgan fingerprint density at radius 1 is 0.826 bits per heavy atom. The zero-order valence-electron chi connectivity index (χ0n) is 13.3. The standard InChI is InChI=1S/C15H11N.C5H8O2/c1-2-7-13(8-3-1)15-14-9-5-4-6-12(14)10-11-16-15;1-4(6)3-5(2)7/h1-11H;3H2,1-2H3. The van der Waals surface area contributed by atoms with Gasteiger partial charge in [0.2, 0.25) is 0 Å². The molecule has 0 N–H and O–H groups in total. The Hall–Kier alpha value is -2.81. The van der Waals surface area contributed by atoms with E-state index < -0.39 is 0 Å². The Bertz CT molecular complexity index is 793. The number of nitrogens with zero attached hydrogens (tertiary/aromatic N) is 1. The Morgan fingerprint density at radius 2 is 1.43 bits per heavy atom. The van der Waals surface area contributed by atoms with Crippen LogP contribution in [-0.2, 0) is 9.59 Å². The molecule has 116 valence electrons. The molecule has 3 aromatic rings. The summed E-state index contributed by atoms with van der Waals surface area (Å²) in [4.78, 5) is 24.5. The van der Waals surface area contributed by atoms with Gasteiger partial charge in [-0.05, 0) is 25.3 Å². The lowest BCUT2D eigenvalue weighted by Gasteiger charge is -2.04. The summed E-state index contributed by atoms with van der Waals surface area (Å²) in [5.41, 5.74) is 2.22. The van der Waals surface area contributed by atoms with E-state index in [0.717, 1.165) is 5.69 Å². The molecule has 0 saturated heterocycles. The summed E-state index contributed by atoms with van der Waals surface area (Å²) in [6.45, 7) is 2.81. The van der Waals surface area contributed by atoms with Crippen LogP contribution in [-0.4, -0.2) is 16.6 Å². The summed E-state index contributed by atoms with van der Waals surface area (Å²) in [6, 6.07) is 20.7. The smallest absolute Gasteiger partial charge is 0.137 e. The van der Waals surface area contributed by atoms with Crippen molar-refractivity contribution in [1.29, 1.82) is 0 Å². The Labute approximate surface area is 136 Å². The lowest BCUT2D eigenvalue weighted by molar-refractivity contribution is -0.124. The number of hydrogen-bond donors (Lipinski definition) is 0. The fourth-order valence-corrected chi connectivity index (χ4v) is 2.30. The van der Waals surface area contributed by atoms with Gasteiger partial charge in [-0.15, -0.1) is 0 Å². The third kappa shape index (κ3) is 4.85. The molecular weight excluding hydrogens is 286 g/mol. The van der Waals surface area contributed by atoms with Crippen molar-refractivity contribution in [1.82, 2.24) is 4.98 Å². The normalized spacial score (nSPS) is 9.83. The Balaban J connectivity index is 0.000000236. The lowest BCUT2D eigenvalue weighted by atomic mass is 10.0. The van der Waals surface area contributed by atoms with Gasteiger partial charge in [0.25, 0.3) is 0 Å². The van der Waals surface area contributed by atoms with Crippen LogP contribution in [0.3, 0.4) is 0 Å². The molecule has 2 aromatic carbocycles. The van der Waals surface area contributed by atoms with Gasteiger partial charge in [-0.2, -0.15) is 0 Å². The average molecular weight is 305 g/mol. The topological polar surface area (TPSA) is 47.0 Å². The first-order valence-corrected chi connectivity index (χ1v) is 7.46. The van der Waals surface area contributed by atoms with Crippen LogP contribution in [0, 0.1) is 0 Å². The SMILES string of the molecule is CC(=O)CC(C)=O.c1ccc(-c2nccc3ccccc23)cc1. The van der Waals surface area contributed by atoms with Crippen LogP contribution >= 0.6 is 0 Å². The monoisotopic (exact) mass is 305 g/mol. The second-order valence-electron chi connectivity index (χ2n) is 5.33. The zero-order chi connectivity index (χ0) is 16.7. The van der Waals surface area contributed by atoms with Crippen LogP contribution in [0.2, 0.25) is 0 Å². The lowest BCUT2D eigenvalue weighted by Crippen LogP contribution is -1.97. The van der Waals surface area contributed by atoms with E-state index in [1.165, 1.54) is 30.2 Å². The van der Waals surface area contributed by atoms with Crippen LogP contribution in [0.5, 0.6) is 0 Å². The van der Waals surface area contributed by atoms with Gasteiger partial charge >= 0.3 is 0 Å². The third-order valence-electron chi connectivity index (χ3n) is 3.22. The van der Waals surface area contributed by atoms with Gasteiger partial charge in [-0.1, -0.05) is 54.6 Å². The molecule has 23 heavy (non-hydrogen) atoms. The van der Waals surface area contributed by atoms with Gasteiger partial charge in [-0.25, -0.2) is 0 Å². The minimum atomic E-state index is -0.0625. The number of hydrogen-bond acceptors (Lipinski definition) is 3. The molecule has 3 nitrogen and oxygen atoms in total. The van der Waals surface area contributed by atoms with E-state index >= 15 is 0 Å². The van der Waals surface area contributed by atoms with Gasteiger partial charge in [0.15, 0.2) is 0 Å². The van der Waals surface area contributed by atoms with Crippen molar-refractivity contribution in [2.75, 3.05) is 0 Å². The average Bonchev–Trinajstić information content (AvgIpc) is 2.54. The molecule has 1 aromatic heterocycles. The van der Waals surface area contributed by atoms with Crippen molar-refractivity contribution in [2.24, 2.45) is 0 Å². The molecule has 0 aliphatic carbocycles. The number of pyridine rings is 1. The number of fused-ring (bicyclic) bond motifs is 1. The van der Waals surface area contributed by atoms with Gasteiger partial charge in [-0.3, -0.25) is 14.6 Å². The molecule has 0 aliphatic rings. The quantitative estimate of drug-likeness (QED) is 0.671. The summed E-state index contributed by atoms with van der Waals surface area (Å²) >= 11 is 0. The highest BCUT2D eigenvalue weighted by Crippen LogP contribution is 2.25. The summed E-state index contributed by atoms with van der Waals surface area (Å²) in [6.07, 6.45) is 1.95. The van der Waals surface area contributed by atoms with Crippen molar-refractivity contribution in [3.8, 4) is 11.3 Å². The first-order chi connectivity index (χ1) is 11.1. The molecule has 3 rings (SSSR count). The number of benzene rings is 2. The van der Waals surface area contributed by atoms with Crippen molar-refractivity contribution in [2.45, 2.75) is 20.3 Å². The van der Waals surface area contributed by atoms with Crippen LogP contribution in [0.1, 0.15) is 20.3 Å². The van der Waals surface area contributed by atoms with E-state index in [-0.39, 0.29) is 18.0 Å². The van der Waals surface area contributed by atoms with Crippen LogP contribution in [0.4, 0.5) is 0 Å². The molecular formula is C20H19NO2. The Kier molecular flexibility index (Phi) is 5.75. The number of aromatic nitrogens is 1. The van der Waals surface area contributed by atoms with Crippen molar-refractivity contribution >= 4 is 22.3 Å². The highest BCUT2D eigenvalue weighted by atomic mass is 16.1. The fraction of sp³-hybridized carbons (Fsp3) is 0.150. The number of Topliss-reactive ketones (excluding diaryl/α,β-unsaturated/α-hetero) is 2. The van der Waals surface area contributed by atoms with Gasteiger partial charge in [0.1, 0.15) is 11.6 Å². The first kappa shape index (κ1) is 16.6. The molecule has 0 amide bonds. The molecule has 3 heteroatoms. The number of carbonyl (C=O) groups excluding carboxylic acids is 2. The minimum absolute atomic E-state index is 0.0625. The predicted octanol–water partition coefficient (Wildman–Crippen LogP) is 4.46. The summed E-state index contributed by atoms with van der Waals surface area (Å²) in [5.74, 6) is -0.125. The van der Waals surface area contributed by atoms with Crippen LogP contribution in [0.25, 0.3) is 22.0 Å². The maximum Gasteiger partial charge on any atom is 0.137 e. The van der Waals surface area contributed by atoms with Gasteiger partial charge in [0, 0.05) is 17.1 Å². The van der Waals surface area contributed by atoms with Crippen molar-refractivity contribution in [3.63, 3.8) is 0 Å². The summed E-state index contributed by atoms with van der Waals surface area (Å²) < 4.78 is 0. The molecule has 1 heterocycles. The van der Waals surface area contributed by atoms with E-state index in [4.69, 9.17) is 0 Å². The van der Waals surface area contributed by atoms with Gasteiger partial charge < -0.3 is 0 Å². The first-order valence-electron chi connectivity index (χ1n) is 7.46. The summed E-state index contributed by atoms with van der Waals surface area (Å²) in [5, 5.41) is 2.44. The molecule has 0 spiro atoms. The minimum Gasteiger partial charge on any atom is -0.300 e. The van der Waals surface area contributed by atoms with E-state index in [1.54, 1.807) is 0 Å². The highest BCUT2D eigenvalue weighted by Gasteiger charge is 2.03. The maximum absolute atomic E-state index is 10.0. The second-order valence-corrected chi connectivity index (χ2v) is 5.33. The molecule has 0 saturated carbocycles. The largest absolute Gasteiger partial charge is 0.300 e. The Morgan fingerprint density at radius 3 is 2.04 bits per heavy atom. The van der Waals surface area contributed by atoms with Crippen molar-refractivity contribution < 1.29 is 9.59 Å². The molecule has 0 bridgehead atoms. The van der Waals surface area contributed by atoms with E-state index in [1.807, 2.05) is 30.5 Å². The second kappa shape index (κ2) is 7.99. The molecule has 0 radical (unpaired) electrons. The summed E-state index contributed by atoms with van der Waals surface area (Å²) in [7, 11) is 0. The van der Waals surface area contributed by atoms with Crippen LogP contribution < -0.4 is 0 Å². The number of carbonyl (C=O) groups is 2. The third-order valence-corrected chi connectivity index (χ3v) is 3.22. The van der Waals surface area contributed by atoms with E-state index in [0.29, 0.717) is 0 Å². The number of rotatable bonds is 3. The molecule has 0 unspecified atom stereocenters. The fourth-order valence-electron chi connectivity index (χ4n) is 2.30. The highest BCUT2D eigenvalue weighted by molar-refractivity contribution is 5.96. The van der Waals surface area contributed by atoms with Crippen molar-refractivity contribution in [3.05, 3.63) is 66.9 Å². The molecule has 0 atom stereocenters. The predicted molar refractivity (Wildman–Crippen MR) is 93.2 cm³/mol. The van der Waals surface area contributed by atoms with E-state index in [9.17, 15) is 9.59 Å². The van der Waals surface area contributed by atoms with E-state index in [2.05, 4.69) is 41.4 Å².